The summed E-state index contributed by atoms with van der Waals surface area (Å²) >= 11 is 1.51. The van der Waals surface area contributed by atoms with Gasteiger partial charge < -0.3 is 5.11 Å². The van der Waals surface area contributed by atoms with Crippen LogP contribution in [0.2, 0.25) is 0 Å². The molecule has 2 atom stereocenters. The molecule has 0 radical (unpaired) electrons. The number of carboxylic acid groups (broad SMARTS) is 1. The number of carbonyl (C=O) groups is 1. The topological polar surface area (TPSA) is 63.1 Å². The Bertz CT molecular complexity index is 587. The van der Waals surface area contributed by atoms with Crippen LogP contribution in [0.5, 0.6) is 0 Å². The highest BCUT2D eigenvalue weighted by Crippen LogP contribution is 2.37. The van der Waals surface area contributed by atoms with Gasteiger partial charge in [0.05, 0.1) is 10.9 Å². The molecule has 5 heteroatoms. The number of rotatable bonds is 2. The van der Waals surface area contributed by atoms with Crippen molar-refractivity contribution in [1.82, 2.24) is 9.97 Å². The van der Waals surface area contributed by atoms with Crippen molar-refractivity contribution in [1.29, 1.82) is 0 Å². The zero-order valence-electron chi connectivity index (χ0n) is 9.61. The second-order valence-electron chi connectivity index (χ2n) is 4.37. The minimum Gasteiger partial charge on any atom is -0.481 e. The van der Waals surface area contributed by atoms with Gasteiger partial charge in [0.2, 0.25) is 0 Å². The molecule has 0 bridgehead atoms. The summed E-state index contributed by atoms with van der Waals surface area (Å²) in [6.45, 7) is 0. The van der Waals surface area contributed by atoms with E-state index in [-0.39, 0.29) is 11.8 Å². The number of allylic oxidation sites excluding steroid dienone is 2. The van der Waals surface area contributed by atoms with Gasteiger partial charge in [0.15, 0.2) is 0 Å². The Labute approximate surface area is 108 Å². The Morgan fingerprint density at radius 2 is 2.22 bits per heavy atom. The molecule has 1 N–H and O–H groups in total. The van der Waals surface area contributed by atoms with E-state index in [9.17, 15) is 9.90 Å². The number of thiazole rings is 1. The fourth-order valence-corrected chi connectivity index (χ4v) is 3.39. The molecule has 1 aliphatic rings. The van der Waals surface area contributed by atoms with Gasteiger partial charge in [0, 0.05) is 12.1 Å². The average Bonchev–Trinajstić information content (AvgIpc) is 2.82. The number of pyridine rings is 1. The third kappa shape index (κ3) is 1.90. The van der Waals surface area contributed by atoms with Crippen LogP contribution in [-0.2, 0) is 4.79 Å². The van der Waals surface area contributed by atoms with E-state index in [2.05, 4.69) is 9.97 Å². The summed E-state index contributed by atoms with van der Waals surface area (Å²) in [6.07, 6.45) is 7.06. The van der Waals surface area contributed by atoms with Crippen LogP contribution in [0, 0.1) is 5.92 Å². The smallest absolute Gasteiger partial charge is 0.307 e. The molecule has 2 aromatic heterocycles. The van der Waals surface area contributed by atoms with E-state index >= 15 is 0 Å². The second-order valence-corrected chi connectivity index (χ2v) is 5.38. The minimum atomic E-state index is -0.739. The van der Waals surface area contributed by atoms with Gasteiger partial charge >= 0.3 is 5.97 Å². The van der Waals surface area contributed by atoms with Gasteiger partial charge in [-0.25, -0.2) is 9.97 Å². The summed E-state index contributed by atoms with van der Waals surface area (Å²) in [5.74, 6) is -1.13. The molecular formula is C13H12N2O2S. The largest absolute Gasteiger partial charge is 0.481 e. The summed E-state index contributed by atoms with van der Waals surface area (Å²) in [4.78, 5) is 20.9. The number of nitrogens with zero attached hydrogens (tertiary/aromatic N) is 2. The number of hydrogen-bond acceptors (Lipinski definition) is 4. The standard InChI is InChI=1S/C13H12N2O2S/c16-13(17)9-5-2-1-4-8(9)11-15-10-6-3-7-14-12(10)18-11/h1-3,6-9H,4-5H2,(H,16,17). The van der Waals surface area contributed by atoms with Crippen LogP contribution in [0.15, 0.2) is 30.5 Å². The molecule has 0 fully saturated rings. The lowest BCUT2D eigenvalue weighted by atomic mass is 9.83. The van der Waals surface area contributed by atoms with E-state index in [1.807, 2.05) is 24.3 Å². The van der Waals surface area contributed by atoms with Gasteiger partial charge in [-0.05, 0) is 25.0 Å². The lowest BCUT2D eigenvalue weighted by molar-refractivity contribution is -0.142. The monoisotopic (exact) mass is 260 g/mol. The number of fused-ring (bicyclic) bond motifs is 1. The van der Waals surface area contributed by atoms with E-state index in [1.165, 1.54) is 11.3 Å². The quantitative estimate of drug-likeness (QED) is 0.843. The van der Waals surface area contributed by atoms with Crippen molar-refractivity contribution in [2.45, 2.75) is 18.8 Å². The summed E-state index contributed by atoms with van der Waals surface area (Å²) < 4.78 is 0. The fourth-order valence-electron chi connectivity index (χ4n) is 2.31. The molecule has 0 saturated carbocycles. The minimum absolute atomic E-state index is 0.0216. The zero-order chi connectivity index (χ0) is 12.5. The maximum atomic E-state index is 11.3. The highest BCUT2D eigenvalue weighted by molar-refractivity contribution is 7.18. The average molecular weight is 260 g/mol. The predicted molar refractivity (Wildman–Crippen MR) is 69.7 cm³/mol. The third-order valence-electron chi connectivity index (χ3n) is 3.25. The maximum absolute atomic E-state index is 11.3. The van der Waals surface area contributed by atoms with Crippen molar-refractivity contribution in [3.8, 4) is 0 Å². The van der Waals surface area contributed by atoms with Crippen LogP contribution < -0.4 is 0 Å². The molecule has 2 heterocycles. The lowest BCUT2D eigenvalue weighted by Gasteiger charge is -2.22. The van der Waals surface area contributed by atoms with Crippen molar-refractivity contribution in [3.05, 3.63) is 35.5 Å². The number of hydrogen-bond donors (Lipinski definition) is 1. The van der Waals surface area contributed by atoms with Crippen molar-refractivity contribution in [3.63, 3.8) is 0 Å². The van der Waals surface area contributed by atoms with E-state index < -0.39 is 5.97 Å². The molecule has 3 rings (SSSR count). The Morgan fingerprint density at radius 3 is 3.00 bits per heavy atom. The van der Waals surface area contributed by atoms with Crippen LogP contribution in [-0.4, -0.2) is 21.0 Å². The normalized spacial score (nSPS) is 23.3. The summed E-state index contributed by atoms with van der Waals surface area (Å²) in [5.41, 5.74) is 0.858. The van der Waals surface area contributed by atoms with Crippen LogP contribution in [0.4, 0.5) is 0 Å². The molecule has 4 nitrogen and oxygen atoms in total. The van der Waals surface area contributed by atoms with Crippen molar-refractivity contribution in [2.75, 3.05) is 0 Å². The van der Waals surface area contributed by atoms with Crippen LogP contribution in [0.1, 0.15) is 23.8 Å². The maximum Gasteiger partial charge on any atom is 0.307 e. The first-order valence-electron chi connectivity index (χ1n) is 5.85. The van der Waals surface area contributed by atoms with Crippen LogP contribution in [0.3, 0.4) is 0 Å². The first-order chi connectivity index (χ1) is 8.75. The lowest BCUT2D eigenvalue weighted by Crippen LogP contribution is -2.23. The molecule has 0 amide bonds. The van der Waals surface area contributed by atoms with Gasteiger partial charge in [-0.1, -0.05) is 23.5 Å². The first-order valence-corrected chi connectivity index (χ1v) is 6.66. The van der Waals surface area contributed by atoms with Gasteiger partial charge in [0.1, 0.15) is 10.3 Å². The van der Waals surface area contributed by atoms with Gasteiger partial charge in [0.25, 0.3) is 0 Å². The van der Waals surface area contributed by atoms with E-state index in [0.717, 1.165) is 21.8 Å². The SMILES string of the molecule is O=C(O)C1CC=CCC1c1nc2cccnc2s1. The molecule has 18 heavy (non-hydrogen) atoms. The molecule has 0 aliphatic heterocycles. The molecule has 0 spiro atoms. The molecule has 1 aliphatic carbocycles. The second kappa shape index (κ2) is 4.49. The number of carboxylic acids is 1. The van der Waals surface area contributed by atoms with E-state index in [1.54, 1.807) is 6.20 Å². The highest BCUT2D eigenvalue weighted by atomic mass is 32.1. The number of aliphatic carboxylic acids is 1. The van der Waals surface area contributed by atoms with E-state index in [0.29, 0.717) is 6.42 Å². The summed E-state index contributed by atoms with van der Waals surface area (Å²) in [7, 11) is 0. The number of aromatic nitrogens is 2. The zero-order valence-corrected chi connectivity index (χ0v) is 10.4. The Kier molecular flexibility index (Phi) is 2.83. The van der Waals surface area contributed by atoms with Gasteiger partial charge in [-0.3, -0.25) is 4.79 Å². The Morgan fingerprint density at radius 1 is 1.39 bits per heavy atom. The molecule has 0 aromatic carbocycles. The molecular weight excluding hydrogens is 248 g/mol. The Balaban J connectivity index is 2.02. The van der Waals surface area contributed by atoms with Crippen LogP contribution >= 0.6 is 11.3 Å². The Hall–Kier alpha value is -1.75. The third-order valence-corrected chi connectivity index (χ3v) is 4.36. The van der Waals surface area contributed by atoms with Gasteiger partial charge in [-0.2, -0.15) is 0 Å². The molecule has 2 aromatic rings. The van der Waals surface area contributed by atoms with Crippen molar-refractivity contribution >= 4 is 27.7 Å². The molecule has 0 saturated heterocycles. The van der Waals surface area contributed by atoms with Crippen molar-refractivity contribution in [2.24, 2.45) is 5.92 Å². The summed E-state index contributed by atoms with van der Waals surface area (Å²) in [5, 5.41) is 10.2. The molecule has 2 unspecified atom stereocenters. The first kappa shape index (κ1) is 11.3. The fraction of sp³-hybridized carbons (Fsp3) is 0.308. The predicted octanol–water partition coefficient (Wildman–Crippen LogP) is 2.83. The van der Waals surface area contributed by atoms with Crippen LogP contribution in [0.25, 0.3) is 10.3 Å². The van der Waals surface area contributed by atoms with Gasteiger partial charge in [-0.15, -0.1) is 0 Å². The van der Waals surface area contributed by atoms with E-state index in [4.69, 9.17) is 0 Å². The molecule has 92 valence electrons. The summed E-state index contributed by atoms with van der Waals surface area (Å²) in [6, 6.07) is 3.76. The highest BCUT2D eigenvalue weighted by Gasteiger charge is 2.32. The van der Waals surface area contributed by atoms with Crippen molar-refractivity contribution < 1.29 is 9.90 Å².